The van der Waals surface area contributed by atoms with Crippen molar-refractivity contribution in [3.8, 4) is 0 Å². The van der Waals surface area contributed by atoms with Crippen molar-refractivity contribution in [3.05, 3.63) is 41.6 Å². The van der Waals surface area contributed by atoms with Crippen LogP contribution in [0.25, 0.3) is 11.6 Å². The lowest BCUT2D eigenvalue weighted by Gasteiger charge is -2.00. The standard InChI is InChI=1S/C12H8BrClO2S2/c1-6-2-7(5-17-6)3-9(12(15)16)8-4-10(14)18-11(8)13/h2-5H,1H3,(H,15,16)/b9-3-. The van der Waals surface area contributed by atoms with Crippen LogP contribution in [0.5, 0.6) is 0 Å². The highest BCUT2D eigenvalue weighted by atomic mass is 79.9. The van der Waals surface area contributed by atoms with E-state index in [1.165, 1.54) is 11.3 Å². The number of halogens is 2. The molecule has 2 nitrogen and oxygen atoms in total. The van der Waals surface area contributed by atoms with Crippen LogP contribution in [-0.4, -0.2) is 11.1 Å². The van der Waals surface area contributed by atoms with Crippen LogP contribution in [-0.2, 0) is 4.79 Å². The van der Waals surface area contributed by atoms with E-state index < -0.39 is 5.97 Å². The van der Waals surface area contributed by atoms with E-state index >= 15 is 0 Å². The molecule has 2 aromatic heterocycles. The van der Waals surface area contributed by atoms with Gasteiger partial charge in [-0.15, -0.1) is 22.7 Å². The number of hydrogen-bond acceptors (Lipinski definition) is 3. The van der Waals surface area contributed by atoms with Gasteiger partial charge in [0.1, 0.15) is 0 Å². The van der Waals surface area contributed by atoms with Crippen LogP contribution < -0.4 is 0 Å². The second-order valence-electron chi connectivity index (χ2n) is 3.59. The predicted molar refractivity (Wildman–Crippen MR) is 81.6 cm³/mol. The normalized spacial score (nSPS) is 11.8. The largest absolute Gasteiger partial charge is 0.478 e. The van der Waals surface area contributed by atoms with Crippen LogP contribution in [0.2, 0.25) is 4.34 Å². The summed E-state index contributed by atoms with van der Waals surface area (Å²) in [6, 6.07) is 3.62. The molecule has 0 fully saturated rings. The Morgan fingerprint density at radius 2 is 2.22 bits per heavy atom. The molecule has 0 aliphatic rings. The Hall–Kier alpha value is -0.620. The van der Waals surface area contributed by atoms with E-state index in [0.717, 1.165) is 14.2 Å². The maximum atomic E-state index is 11.3. The van der Waals surface area contributed by atoms with E-state index in [4.69, 9.17) is 11.6 Å². The summed E-state index contributed by atoms with van der Waals surface area (Å²) in [5, 5.41) is 11.2. The summed E-state index contributed by atoms with van der Waals surface area (Å²) in [6.45, 7) is 1.99. The SMILES string of the molecule is Cc1cc(/C=C(\C(=O)O)c2cc(Cl)sc2Br)cs1. The highest BCUT2D eigenvalue weighted by Crippen LogP contribution is 2.36. The Balaban J connectivity index is 2.50. The third-order valence-corrected chi connectivity index (χ3v) is 5.08. The first kappa shape index (κ1) is 13.8. The molecule has 2 heterocycles. The third-order valence-electron chi connectivity index (χ3n) is 2.24. The van der Waals surface area contributed by atoms with Gasteiger partial charge in [-0.1, -0.05) is 11.6 Å². The lowest BCUT2D eigenvalue weighted by atomic mass is 10.1. The van der Waals surface area contributed by atoms with E-state index in [2.05, 4.69) is 15.9 Å². The number of carbonyl (C=O) groups is 1. The van der Waals surface area contributed by atoms with Gasteiger partial charge in [0.25, 0.3) is 0 Å². The minimum atomic E-state index is -0.964. The molecule has 2 aromatic rings. The molecule has 0 spiro atoms. The zero-order chi connectivity index (χ0) is 13.3. The molecule has 1 N–H and O–H groups in total. The van der Waals surface area contributed by atoms with Gasteiger partial charge in [-0.05, 0) is 52.0 Å². The Bertz CT molecular complexity index is 628. The highest BCUT2D eigenvalue weighted by molar-refractivity contribution is 9.11. The summed E-state index contributed by atoms with van der Waals surface area (Å²) in [5.41, 5.74) is 1.74. The summed E-state index contributed by atoms with van der Waals surface area (Å²) in [5.74, 6) is -0.964. The quantitative estimate of drug-likeness (QED) is 0.765. The van der Waals surface area contributed by atoms with Crippen molar-refractivity contribution < 1.29 is 9.90 Å². The zero-order valence-corrected chi connectivity index (χ0v) is 13.2. The molecule has 0 unspecified atom stereocenters. The van der Waals surface area contributed by atoms with Gasteiger partial charge < -0.3 is 5.11 Å². The van der Waals surface area contributed by atoms with Crippen LogP contribution in [0.3, 0.4) is 0 Å². The molecule has 2 rings (SSSR count). The minimum Gasteiger partial charge on any atom is -0.478 e. The van der Waals surface area contributed by atoms with Crippen LogP contribution in [0.1, 0.15) is 16.0 Å². The smallest absolute Gasteiger partial charge is 0.336 e. The van der Waals surface area contributed by atoms with Crippen molar-refractivity contribution >= 4 is 67.8 Å². The van der Waals surface area contributed by atoms with Gasteiger partial charge in [-0.2, -0.15) is 0 Å². The van der Waals surface area contributed by atoms with Crippen molar-refractivity contribution in [2.45, 2.75) is 6.92 Å². The fraction of sp³-hybridized carbons (Fsp3) is 0.0833. The fourth-order valence-electron chi connectivity index (χ4n) is 1.48. The first-order valence-corrected chi connectivity index (χ1v) is 7.79. The summed E-state index contributed by atoms with van der Waals surface area (Å²) in [7, 11) is 0. The van der Waals surface area contributed by atoms with Gasteiger partial charge in [-0.3, -0.25) is 0 Å². The van der Waals surface area contributed by atoms with Crippen molar-refractivity contribution in [1.82, 2.24) is 0 Å². The van der Waals surface area contributed by atoms with Crippen molar-refractivity contribution in [2.24, 2.45) is 0 Å². The Kier molecular flexibility index (Phi) is 4.27. The lowest BCUT2D eigenvalue weighted by molar-refractivity contribution is -0.130. The zero-order valence-electron chi connectivity index (χ0n) is 9.24. The maximum absolute atomic E-state index is 11.3. The first-order valence-electron chi connectivity index (χ1n) is 4.92. The van der Waals surface area contributed by atoms with Crippen LogP contribution in [0.15, 0.2) is 21.3 Å². The topological polar surface area (TPSA) is 37.3 Å². The molecule has 0 saturated carbocycles. The minimum absolute atomic E-state index is 0.239. The predicted octanol–water partition coefficient (Wildman–Crippen LogP) is 5.16. The number of hydrogen-bond donors (Lipinski definition) is 1. The van der Waals surface area contributed by atoms with E-state index in [0.29, 0.717) is 9.90 Å². The number of rotatable bonds is 3. The van der Waals surface area contributed by atoms with Crippen LogP contribution in [0, 0.1) is 6.92 Å². The third kappa shape index (κ3) is 3.03. The molecule has 94 valence electrons. The van der Waals surface area contributed by atoms with E-state index in [1.54, 1.807) is 23.5 Å². The molecule has 6 heteroatoms. The number of carboxylic acids is 1. The fourth-order valence-corrected chi connectivity index (χ4v) is 4.25. The molecular formula is C12H8BrClO2S2. The monoisotopic (exact) mass is 362 g/mol. The molecule has 0 amide bonds. The average molecular weight is 364 g/mol. The molecule has 0 atom stereocenters. The molecule has 0 bridgehead atoms. The Morgan fingerprint density at radius 3 is 2.67 bits per heavy atom. The second-order valence-corrected chi connectivity index (χ2v) is 7.71. The van der Waals surface area contributed by atoms with Crippen LogP contribution >= 0.6 is 50.2 Å². The summed E-state index contributed by atoms with van der Waals surface area (Å²) in [6.07, 6.45) is 1.66. The summed E-state index contributed by atoms with van der Waals surface area (Å²) >= 11 is 12.1. The molecule has 0 radical (unpaired) electrons. The lowest BCUT2D eigenvalue weighted by Crippen LogP contribution is -1.98. The van der Waals surface area contributed by atoms with Gasteiger partial charge in [-0.25, -0.2) is 4.79 Å². The Labute approximate surface area is 126 Å². The van der Waals surface area contributed by atoms with Crippen molar-refractivity contribution in [1.29, 1.82) is 0 Å². The summed E-state index contributed by atoms with van der Waals surface area (Å²) < 4.78 is 1.29. The number of aryl methyl sites for hydroxylation is 1. The second kappa shape index (κ2) is 5.57. The van der Waals surface area contributed by atoms with Gasteiger partial charge >= 0.3 is 5.97 Å². The van der Waals surface area contributed by atoms with Gasteiger partial charge in [0.15, 0.2) is 0 Å². The van der Waals surface area contributed by atoms with Crippen molar-refractivity contribution in [3.63, 3.8) is 0 Å². The van der Waals surface area contributed by atoms with Gasteiger partial charge in [0.05, 0.1) is 13.7 Å². The molecule has 0 aromatic carbocycles. The molecule has 18 heavy (non-hydrogen) atoms. The number of carboxylic acid groups (broad SMARTS) is 1. The van der Waals surface area contributed by atoms with E-state index in [9.17, 15) is 9.90 Å². The molecular weight excluding hydrogens is 356 g/mol. The molecule has 0 saturated heterocycles. The van der Waals surface area contributed by atoms with Gasteiger partial charge in [0.2, 0.25) is 0 Å². The van der Waals surface area contributed by atoms with Gasteiger partial charge in [0, 0.05) is 10.4 Å². The number of aliphatic carboxylic acids is 1. The van der Waals surface area contributed by atoms with E-state index in [-0.39, 0.29) is 5.57 Å². The van der Waals surface area contributed by atoms with Crippen LogP contribution in [0.4, 0.5) is 0 Å². The molecule has 0 aliphatic heterocycles. The Morgan fingerprint density at radius 1 is 1.50 bits per heavy atom. The molecule has 0 aliphatic carbocycles. The van der Waals surface area contributed by atoms with E-state index in [1.807, 2.05) is 18.4 Å². The van der Waals surface area contributed by atoms with Crippen molar-refractivity contribution in [2.75, 3.05) is 0 Å². The maximum Gasteiger partial charge on any atom is 0.336 e. The first-order chi connectivity index (χ1) is 8.47. The average Bonchev–Trinajstić information content (AvgIpc) is 2.81. The highest BCUT2D eigenvalue weighted by Gasteiger charge is 2.16. The number of thiophene rings is 2. The summed E-state index contributed by atoms with van der Waals surface area (Å²) in [4.78, 5) is 12.5.